The zero-order valence-corrected chi connectivity index (χ0v) is 18.8. The largest absolute Gasteiger partial charge is 0.493 e. The highest BCUT2D eigenvalue weighted by Gasteiger charge is 2.15. The van der Waals surface area contributed by atoms with Gasteiger partial charge in [0, 0.05) is 22.8 Å². The predicted octanol–water partition coefficient (Wildman–Crippen LogP) is 3.56. The fourth-order valence-corrected chi connectivity index (χ4v) is 2.89. The number of rotatable bonds is 7. The van der Waals surface area contributed by atoms with Gasteiger partial charge >= 0.3 is 17.8 Å². The van der Waals surface area contributed by atoms with Crippen LogP contribution in [-0.4, -0.2) is 36.0 Å². The van der Waals surface area contributed by atoms with Crippen LogP contribution in [0.5, 0.6) is 11.5 Å². The van der Waals surface area contributed by atoms with Crippen LogP contribution in [0.3, 0.4) is 0 Å². The maximum absolute atomic E-state index is 12.3. The summed E-state index contributed by atoms with van der Waals surface area (Å²) in [6.45, 7) is 0. The molecule has 0 bridgehead atoms. The molecule has 11 nitrogen and oxygen atoms in total. The molecule has 0 aliphatic heterocycles. The molecular weight excluding hydrogens is 480 g/mol. The van der Waals surface area contributed by atoms with E-state index in [0.717, 1.165) is 0 Å². The normalized spacial score (nSPS) is 10.5. The van der Waals surface area contributed by atoms with Crippen molar-refractivity contribution in [2.75, 3.05) is 12.4 Å². The van der Waals surface area contributed by atoms with Gasteiger partial charge in [-0.15, -0.1) is 0 Å². The molecule has 3 aromatic carbocycles. The van der Waals surface area contributed by atoms with E-state index in [1.54, 1.807) is 18.2 Å². The van der Waals surface area contributed by atoms with Crippen LogP contribution < -0.4 is 20.2 Å². The topological polar surface area (TPSA) is 149 Å². The van der Waals surface area contributed by atoms with Crippen molar-refractivity contribution in [3.63, 3.8) is 0 Å². The Morgan fingerprint density at radius 1 is 1.00 bits per heavy atom. The Kier molecular flexibility index (Phi) is 8.09. The van der Waals surface area contributed by atoms with Gasteiger partial charge in [-0.05, 0) is 54.1 Å². The highest BCUT2D eigenvalue weighted by Crippen LogP contribution is 2.28. The van der Waals surface area contributed by atoms with Crippen LogP contribution in [0.25, 0.3) is 0 Å². The number of benzene rings is 3. The zero-order chi connectivity index (χ0) is 25.4. The molecule has 0 aliphatic rings. The van der Waals surface area contributed by atoms with Crippen LogP contribution in [0.15, 0.2) is 71.8 Å². The molecular formula is C23H17ClN4O7. The number of nitrogens with one attached hydrogen (secondary N) is 2. The van der Waals surface area contributed by atoms with Crippen LogP contribution in [0.2, 0.25) is 5.02 Å². The Morgan fingerprint density at radius 2 is 1.74 bits per heavy atom. The van der Waals surface area contributed by atoms with Crippen molar-refractivity contribution < 1.29 is 28.8 Å². The number of nitro groups is 1. The van der Waals surface area contributed by atoms with Gasteiger partial charge in [0.2, 0.25) is 0 Å². The second-order valence-corrected chi connectivity index (χ2v) is 7.20. The highest BCUT2D eigenvalue weighted by atomic mass is 35.5. The van der Waals surface area contributed by atoms with Gasteiger partial charge in [0.05, 0.1) is 23.8 Å². The van der Waals surface area contributed by atoms with Crippen molar-refractivity contribution in [1.29, 1.82) is 0 Å². The summed E-state index contributed by atoms with van der Waals surface area (Å²) in [7, 11) is 1.36. The molecule has 0 saturated carbocycles. The van der Waals surface area contributed by atoms with Gasteiger partial charge in [-0.1, -0.05) is 17.7 Å². The summed E-state index contributed by atoms with van der Waals surface area (Å²) in [5.41, 5.74) is 2.87. The number of hydrogen-bond acceptors (Lipinski definition) is 8. The van der Waals surface area contributed by atoms with Crippen LogP contribution in [0, 0.1) is 10.1 Å². The lowest BCUT2D eigenvalue weighted by Gasteiger charge is -2.10. The Hall–Kier alpha value is -4.77. The van der Waals surface area contributed by atoms with Gasteiger partial charge in [-0.3, -0.25) is 19.7 Å². The third-order valence-corrected chi connectivity index (χ3v) is 4.61. The van der Waals surface area contributed by atoms with Gasteiger partial charge in [-0.2, -0.15) is 5.10 Å². The molecule has 0 aliphatic carbocycles. The molecule has 0 spiro atoms. The lowest BCUT2D eigenvalue weighted by Crippen LogP contribution is -2.32. The second-order valence-electron chi connectivity index (χ2n) is 6.77. The van der Waals surface area contributed by atoms with Gasteiger partial charge in [0.25, 0.3) is 5.69 Å². The number of halogens is 1. The first-order chi connectivity index (χ1) is 16.8. The summed E-state index contributed by atoms with van der Waals surface area (Å²) in [6, 6.07) is 15.7. The molecule has 3 rings (SSSR count). The molecule has 0 atom stereocenters. The average molecular weight is 497 g/mol. The number of nitro benzene ring substituents is 1. The lowest BCUT2D eigenvalue weighted by atomic mass is 10.2. The molecule has 12 heteroatoms. The number of hydrogen-bond donors (Lipinski definition) is 2. The third kappa shape index (κ3) is 6.85. The van der Waals surface area contributed by atoms with Gasteiger partial charge < -0.3 is 14.8 Å². The Bertz CT molecular complexity index is 1310. The molecule has 0 aromatic heterocycles. The van der Waals surface area contributed by atoms with Crippen LogP contribution in [-0.2, 0) is 9.59 Å². The molecule has 0 unspecified atom stereocenters. The summed E-state index contributed by atoms with van der Waals surface area (Å²) < 4.78 is 10.5. The minimum absolute atomic E-state index is 0.0953. The number of methoxy groups -OCH3 is 1. The Morgan fingerprint density at radius 3 is 2.40 bits per heavy atom. The number of esters is 1. The van der Waals surface area contributed by atoms with Crippen LogP contribution >= 0.6 is 11.6 Å². The number of anilines is 1. The first-order valence-electron chi connectivity index (χ1n) is 9.81. The molecule has 178 valence electrons. The molecule has 35 heavy (non-hydrogen) atoms. The van der Waals surface area contributed by atoms with E-state index in [9.17, 15) is 24.5 Å². The first kappa shape index (κ1) is 24.9. The standard InChI is InChI=1S/C23H17ClN4O7/c1-34-20-11-14(13-25-27-22(30)21(29)26-17-4-2-3-16(24)12-17)5-10-19(20)35-23(31)15-6-8-18(9-7-15)28(32)33/h2-13H,1H3,(H,26,29)(H,27,30). The van der Waals surface area contributed by atoms with E-state index < -0.39 is 22.7 Å². The number of ether oxygens (including phenoxy) is 2. The fourth-order valence-electron chi connectivity index (χ4n) is 2.70. The molecule has 2 N–H and O–H groups in total. The molecule has 0 fully saturated rings. The van der Waals surface area contributed by atoms with Crippen molar-refractivity contribution in [1.82, 2.24) is 5.43 Å². The first-order valence-corrected chi connectivity index (χ1v) is 10.2. The van der Waals surface area contributed by atoms with E-state index in [1.807, 2.05) is 0 Å². The number of amides is 2. The Balaban J connectivity index is 1.61. The van der Waals surface area contributed by atoms with Crippen molar-refractivity contribution >= 4 is 47.0 Å². The number of carbonyl (C=O) groups is 3. The SMILES string of the molecule is COc1cc(C=NNC(=O)C(=O)Nc2cccc(Cl)c2)ccc1OC(=O)c1ccc([N+](=O)[O-])cc1. The van der Waals surface area contributed by atoms with Crippen LogP contribution in [0.4, 0.5) is 11.4 Å². The van der Waals surface area contributed by atoms with Gasteiger partial charge in [-0.25, -0.2) is 10.2 Å². The quantitative estimate of drug-likeness (QED) is 0.127. The number of carbonyl (C=O) groups excluding carboxylic acids is 3. The monoisotopic (exact) mass is 496 g/mol. The molecule has 3 aromatic rings. The van der Waals surface area contributed by atoms with Crippen LogP contribution in [0.1, 0.15) is 15.9 Å². The Labute approximate surface area is 203 Å². The molecule has 0 saturated heterocycles. The third-order valence-electron chi connectivity index (χ3n) is 4.37. The number of hydrazone groups is 1. The van der Waals surface area contributed by atoms with E-state index in [1.165, 1.54) is 61.9 Å². The predicted molar refractivity (Wildman–Crippen MR) is 127 cm³/mol. The summed E-state index contributed by atoms with van der Waals surface area (Å²) in [4.78, 5) is 46.4. The van der Waals surface area contributed by atoms with Crippen molar-refractivity contribution in [3.8, 4) is 11.5 Å². The van der Waals surface area contributed by atoms with E-state index >= 15 is 0 Å². The fraction of sp³-hybridized carbons (Fsp3) is 0.0435. The minimum atomic E-state index is -0.998. The molecule has 0 radical (unpaired) electrons. The van der Waals surface area contributed by atoms with Crippen molar-refractivity contribution in [2.24, 2.45) is 5.10 Å². The van der Waals surface area contributed by atoms with E-state index in [4.69, 9.17) is 21.1 Å². The zero-order valence-electron chi connectivity index (χ0n) is 18.1. The van der Waals surface area contributed by atoms with E-state index in [0.29, 0.717) is 16.3 Å². The van der Waals surface area contributed by atoms with Crippen molar-refractivity contribution in [3.05, 3.63) is 93.0 Å². The summed E-state index contributed by atoms with van der Waals surface area (Å²) in [6.07, 6.45) is 1.26. The van der Waals surface area contributed by atoms with Gasteiger partial charge in [0.15, 0.2) is 11.5 Å². The average Bonchev–Trinajstić information content (AvgIpc) is 2.84. The highest BCUT2D eigenvalue weighted by molar-refractivity contribution is 6.39. The molecule has 0 heterocycles. The summed E-state index contributed by atoms with van der Waals surface area (Å²) >= 11 is 5.83. The maximum Gasteiger partial charge on any atom is 0.343 e. The maximum atomic E-state index is 12.3. The lowest BCUT2D eigenvalue weighted by molar-refractivity contribution is -0.384. The molecule has 2 amide bonds. The van der Waals surface area contributed by atoms with E-state index in [-0.39, 0.29) is 22.7 Å². The smallest absolute Gasteiger partial charge is 0.343 e. The van der Waals surface area contributed by atoms with E-state index in [2.05, 4.69) is 15.8 Å². The van der Waals surface area contributed by atoms with Gasteiger partial charge in [0.1, 0.15) is 0 Å². The summed E-state index contributed by atoms with van der Waals surface area (Å²) in [5, 5.41) is 17.2. The second kappa shape index (κ2) is 11.4. The number of non-ortho nitro benzene ring substituents is 1. The minimum Gasteiger partial charge on any atom is -0.493 e. The summed E-state index contributed by atoms with van der Waals surface area (Å²) in [5.74, 6) is -2.39. The van der Waals surface area contributed by atoms with Crippen molar-refractivity contribution in [2.45, 2.75) is 0 Å². The number of nitrogens with zero attached hydrogens (tertiary/aromatic N) is 2.